The van der Waals surface area contributed by atoms with E-state index in [2.05, 4.69) is 10.6 Å². The second-order valence-electron chi connectivity index (χ2n) is 3.42. The molecule has 0 unspecified atom stereocenters. The highest BCUT2D eigenvalue weighted by atomic mass is 16.6. The molecule has 2 N–H and O–H groups in total. The van der Waals surface area contributed by atoms with E-state index >= 15 is 0 Å². The van der Waals surface area contributed by atoms with Crippen molar-refractivity contribution in [1.29, 1.82) is 5.26 Å². The molecule has 18 heavy (non-hydrogen) atoms. The van der Waals surface area contributed by atoms with Gasteiger partial charge in [-0.2, -0.15) is 5.26 Å². The van der Waals surface area contributed by atoms with E-state index in [0.717, 1.165) is 0 Å². The number of nitrogens with one attached hydrogen (secondary N) is 2. The number of nitrogens with zero attached hydrogens (tertiary/aromatic N) is 2. The minimum absolute atomic E-state index is 0.00931. The van der Waals surface area contributed by atoms with E-state index in [9.17, 15) is 14.9 Å². The van der Waals surface area contributed by atoms with Gasteiger partial charge in [0.15, 0.2) is 0 Å². The van der Waals surface area contributed by atoms with Crippen molar-refractivity contribution in [1.82, 2.24) is 5.32 Å². The third-order valence-corrected chi connectivity index (χ3v) is 2.29. The Balaban J connectivity index is 2.86. The molecule has 0 fully saturated rings. The highest BCUT2D eigenvalue weighted by Gasteiger charge is 2.19. The summed E-state index contributed by atoms with van der Waals surface area (Å²) in [5.41, 5.74) is -0.0372. The topological polar surface area (TPSA) is 108 Å². The minimum Gasteiger partial charge on any atom is -0.379 e. The molecular formula is C11H12N4O3. The molecule has 0 heterocycles. The summed E-state index contributed by atoms with van der Waals surface area (Å²) in [6.07, 6.45) is 0.199. The summed E-state index contributed by atoms with van der Waals surface area (Å²) in [4.78, 5) is 21.3. The van der Waals surface area contributed by atoms with Crippen molar-refractivity contribution in [3.8, 4) is 6.07 Å². The molecule has 0 bridgehead atoms. The van der Waals surface area contributed by atoms with Crippen LogP contribution in [0.25, 0.3) is 0 Å². The number of hydrogen-bond acceptors (Lipinski definition) is 5. The van der Waals surface area contributed by atoms with Gasteiger partial charge in [0.05, 0.1) is 4.92 Å². The number of carbonyl (C=O) groups excluding carboxylic acids is 1. The van der Waals surface area contributed by atoms with Gasteiger partial charge in [0.25, 0.3) is 0 Å². The number of amides is 1. The van der Waals surface area contributed by atoms with Gasteiger partial charge in [-0.15, -0.1) is 0 Å². The lowest BCUT2D eigenvalue weighted by atomic mass is 10.1. The van der Waals surface area contributed by atoms with Gasteiger partial charge in [0.2, 0.25) is 5.91 Å². The Kier molecular flexibility index (Phi) is 4.63. The highest BCUT2D eigenvalue weighted by molar-refractivity contribution is 5.76. The van der Waals surface area contributed by atoms with Crippen LogP contribution in [0.2, 0.25) is 0 Å². The van der Waals surface area contributed by atoms with Crippen LogP contribution >= 0.6 is 0 Å². The summed E-state index contributed by atoms with van der Waals surface area (Å²) in [7, 11) is 1.51. The first-order valence-electron chi connectivity index (χ1n) is 5.22. The fourth-order valence-electron chi connectivity index (χ4n) is 1.41. The number of nitriles is 1. The lowest BCUT2D eigenvalue weighted by Crippen LogP contribution is -2.21. The first-order valence-corrected chi connectivity index (χ1v) is 5.22. The average Bonchev–Trinajstić information content (AvgIpc) is 2.37. The van der Waals surface area contributed by atoms with Crippen LogP contribution in [0, 0.1) is 21.4 Å². The molecule has 0 spiro atoms. The minimum atomic E-state index is -0.610. The third-order valence-electron chi connectivity index (χ3n) is 2.29. The molecule has 7 nitrogen and oxygen atoms in total. The molecule has 0 aliphatic heterocycles. The van der Waals surface area contributed by atoms with Crippen LogP contribution in [0.4, 0.5) is 11.4 Å². The molecular weight excluding hydrogens is 236 g/mol. The fourth-order valence-corrected chi connectivity index (χ4v) is 1.41. The first kappa shape index (κ1) is 13.4. The zero-order chi connectivity index (χ0) is 13.5. The lowest BCUT2D eigenvalue weighted by Gasteiger charge is -2.07. The summed E-state index contributed by atoms with van der Waals surface area (Å²) >= 11 is 0. The number of nitro groups is 1. The van der Waals surface area contributed by atoms with Gasteiger partial charge in [-0.25, -0.2) is 0 Å². The fraction of sp³-hybridized carbons (Fsp3) is 0.273. The van der Waals surface area contributed by atoms with Crippen molar-refractivity contribution in [3.05, 3.63) is 33.9 Å². The molecule has 0 saturated heterocycles. The summed E-state index contributed by atoms with van der Waals surface area (Å²) in [5.74, 6) is -0.165. The highest BCUT2D eigenvalue weighted by Crippen LogP contribution is 2.27. The van der Waals surface area contributed by atoms with Crippen molar-refractivity contribution in [2.75, 3.05) is 18.9 Å². The van der Waals surface area contributed by atoms with Gasteiger partial charge >= 0.3 is 5.69 Å². The van der Waals surface area contributed by atoms with E-state index in [1.54, 1.807) is 12.1 Å². The second kappa shape index (κ2) is 6.20. The molecule has 7 heteroatoms. The Labute approximate surface area is 104 Å². The van der Waals surface area contributed by atoms with E-state index in [4.69, 9.17) is 5.26 Å². The molecule has 0 aliphatic carbocycles. The lowest BCUT2D eigenvalue weighted by molar-refractivity contribution is -0.384. The molecule has 1 amide bonds. The van der Waals surface area contributed by atoms with Gasteiger partial charge in [0, 0.05) is 20.0 Å². The smallest absolute Gasteiger partial charge is 0.309 e. The largest absolute Gasteiger partial charge is 0.379 e. The molecule has 94 valence electrons. The quantitative estimate of drug-likeness (QED) is 0.597. The van der Waals surface area contributed by atoms with Crippen LogP contribution in [0.1, 0.15) is 12.0 Å². The van der Waals surface area contributed by atoms with Gasteiger partial charge in [0.1, 0.15) is 17.3 Å². The monoisotopic (exact) mass is 248 g/mol. The van der Waals surface area contributed by atoms with E-state index in [-0.39, 0.29) is 35.8 Å². The molecule has 0 aliphatic rings. The van der Waals surface area contributed by atoms with Crippen LogP contribution in [-0.2, 0) is 4.79 Å². The Morgan fingerprint density at radius 1 is 1.56 bits per heavy atom. The maximum Gasteiger partial charge on any atom is 0.309 e. The number of carbonyl (C=O) groups is 1. The van der Waals surface area contributed by atoms with Crippen LogP contribution < -0.4 is 10.6 Å². The van der Waals surface area contributed by atoms with Crippen LogP contribution in [-0.4, -0.2) is 24.4 Å². The number of anilines is 1. The van der Waals surface area contributed by atoms with Crippen molar-refractivity contribution in [2.45, 2.75) is 6.42 Å². The number of hydrogen-bond donors (Lipinski definition) is 2. The van der Waals surface area contributed by atoms with E-state index in [0.29, 0.717) is 0 Å². The van der Waals surface area contributed by atoms with Crippen molar-refractivity contribution in [3.63, 3.8) is 0 Å². The third kappa shape index (κ3) is 3.18. The summed E-state index contributed by atoms with van der Waals surface area (Å²) in [6.45, 7) is 0.259. The zero-order valence-corrected chi connectivity index (χ0v) is 9.77. The number of rotatable bonds is 5. The first-order chi connectivity index (χ1) is 8.60. The SMILES string of the molecule is CNC(=O)CCNc1cccc(C#N)c1[N+](=O)[O-]. The normalized spacial score (nSPS) is 9.33. The average molecular weight is 248 g/mol. The molecule has 1 rings (SSSR count). The zero-order valence-electron chi connectivity index (χ0n) is 9.77. The second-order valence-corrected chi connectivity index (χ2v) is 3.42. The van der Waals surface area contributed by atoms with Crippen LogP contribution in [0.3, 0.4) is 0 Å². The van der Waals surface area contributed by atoms with Gasteiger partial charge in [-0.1, -0.05) is 6.07 Å². The number of para-hydroxylation sites is 1. The Morgan fingerprint density at radius 2 is 2.28 bits per heavy atom. The van der Waals surface area contributed by atoms with Crippen LogP contribution in [0.15, 0.2) is 18.2 Å². The Hall–Kier alpha value is -2.62. The van der Waals surface area contributed by atoms with E-state index in [1.807, 2.05) is 0 Å². The van der Waals surface area contributed by atoms with Gasteiger partial charge in [-0.05, 0) is 12.1 Å². The van der Waals surface area contributed by atoms with Gasteiger partial charge < -0.3 is 10.6 Å². The van der Waals surface area contributed by atoms with Crippen molar-refractivity contribution >= 4 is 17.3 Å². The van der Waals surface area contributed by atoms with Crippen molar-refractivity contribution < 1.29 is 9.72 Å². The van der Waals surface area contributed by atoms with Gasteiger partial charge in [-0.3, -0.25) is 14.9 Å². The molecule has 0 atom stereocenters. The molecule has 0 radical (unpaired) electrons. The standard InChI is InChI=1S/C11H12N4O3/c1-13-10(16)5-6-14-9-4-2-3-8(7-12)11(9)15(17)18/h2-4,14H,5-6H2,1H3,(H,13,16). The van der Waals surface area contributed by atoms with Crippen LogP contribution in [0.5, 0.6) is 0 Å². The van der Waals surface area contributed by atoms with E-state index in [1.165, 1.54) is 19.2 Å². The maximum absolute atomic E-state index is 11.0. The molecule has 0 aromatic heterocycles. The molecule has 1 aromatic rings. The molecule has 0 saturated carbocycles. The molecule has 1 aromatic carbocycles. The Bertz CT molecular complexity index is 508. The van der Waals surface area contributed by atoms with E-state index < -0.39 is 4.92 Å². The predicted octanol–water partition coefficient (Wildman–Crippen LogP) is 1.01. The maximum atomic E-state index is 11.0. The Morgan fingerprint density at radius 3 is 2.83 bits per heavy atom. The number of benzene rings is 1. The number of nitro benzene ring substituents is 1. The van der Waals surface area contributed by atoms with Crippen molar-refractivity contribution in [2.24, 2.45) is 0 Å². The summed E-state index contributed by atoms with van der Waals surface area (Å²) in [6, 6.07) is 6.20. The predicted molar refractivity (Wildman–Crippen MR) is 65.0 cm³/mol. The summed E-state index contributed by atoms with van der Waals surface area (Å²) < 4.78 is 0. The summed E-state index contributed by atoms with van der Waals surface area (Å²) in [5, 5.41) is 24.9.